The molecule has 0 fully saturated rings. The lowest BCUT2D eigenvalue weighted by molar-refractivity contribution is -0.870. The molecule has 0 amide bonds. The number of nitrogens with zero attached hydrogens (tertiary/aromatic N) is 1. The van der Waals surface area contributed by atoms with Crippen molar-refractivity contribution in [3.05, 3.63) is 0 Å². The highest BCUT2D eigenvalue weighted by Gasteiger charge is 2.02. The number of aliphatic hydroxyl groups is 1. The molecule has 0 heterocycles. The summed E-state index contributed by atoms with van der Waals surface area (Å²) in [6.45, 7) is 1.11. The predicted octanol–water partition coefficient (Wildman–Crippen LogP) is -3.00. The highest BCUT2D eigenvalue weighted by atomic mass is 35.5. The van der Waals surface area contributed by atoms with Gasteiger partial charge in [0.1, 0.15) is 12.4 Å². The first kappa shape index (κ1) is 18.7. The van der Waals surface area contributed by atoms with Crippen molar-refractivity contribution in [3.8, 4) is 0 Å². The molecule has 0 rings (SSSR count). The van der Waals surface area contributed by atoms with Crippen LogP contribution in [0, 0.1) is 0 Å². The molecular formula is C7H17Cl2NO3. The molecule has 13 heavy (non-hydrogen) atoms. The highest BCUT2D eigenvalue weighted by molar-refractivity contribution is 6.26. The van der Waals surface area contributed by atoms with Crippen molar-refractivity contribution in [1.29, 1.82) is 0 Å². The molecule has 0 aromatic rings. The van der Waals surface area contributed by atoms with Crippen molar-refractivity contribution in [2.45, 2.75) is 0 Å². The van der Waals surface area contributed by atoms with Crippen LogP contribution in [-0.4, -0.2) is 60.8 Å². The van der Waals surface area contributed by atoms with Crippen LogP contribution < -0.4 is 12.4 Å². The fraction of sp³-hybridized carbons (Fsp3) is 0.857. The SMILES string of the molecule is C[N+](C)(C)CCO.O=C(O)CCl.[Cl-]. The summed E-state index contributed by atoms with van der Waals surface area (Å²) in [5.74, 6) is -1.29. The van der Waals surface area contributed by atoms with E-state index < -0.39 is 5.97 Å². The summed E-state index contributed by atoms with van der Waals surface area (Å²) in [7, 11) is 6.16. The van der Waals surface area contributed by atoms with Gasteiger partial charge in [-0.3, -0.25) is 4.79 Å². The van der Waals surface area contributed by atoms with Crippen LogP contribution in [0.4, 0.5) is 0 Å². The Morgan fingerprint density at radius 3 is 1.69 bits per heavy atom. The van der Waals surface area contributed by atoms with E-state index in [0.29, 0.717) is 0 Å². The number of hydrogen-bond donors (Lipinski definition) is 2. The standard InChI is InChI=1S/C5H14NO.C2H3ClO2.ClH/c1-6(2,3)4-5-7;3-1-2(4)5;/h7H,4-5H2,1-3H3;1H2,(H,4,5);1H/q+1;;/p-1. The Morgan fingerprint density at radius 1 is 1.38 bits per heavy atom. The van der Waals surface area contributed by atoms with E-state index in [1.54, 1.807) is 0 Å². The molecule has 0 atom stereocenters. The first-order chi connectivity index (χ1) is 5.33. The third-order valence-corrected chi connectivity index (χ3v) is 1.11. The summed E-state index contributed by atoms with van der Waals surface area (Å²) in [5, 5.41) is 16.0. The average molecular weight is 234 g/mol. The number of aliphatic carboxylic acids is 1. The molecule has 0 aliphatic carbocycles. The molecule has 0 radical (unpaired) electrons. The topological polar surface area (TPSA) is 57.5 Å². The maximum absolute atomic E-state index is 9.24. The maximum Gasteiger partial charge on any atom is 0.318 e. The first-order valence-corrected chi connectivity index (χ1v) is 4.06. The van der Waals surface area contributed by atoms with Crippen molar-refractivity contribution in [2.75, 3.05) is 40.2 Å². The fourth-order valence-corrected chi connectivity index (χ4v) is 0.300. The Balaban J connectivity index is -0.000000150. The predicted molar refractivity (Wildman–Crippen MR) is 48.3 cm³/mol. The zero-order chi connectivity index (χ0) is 10.2. The molecule has 4 nitrogen and oxygen atoms in total. The van der Waals surface area contributed by atoms with Crippen LogP contribution in [0.2, 0.25) is 0 Å². The van der Waals surface area contributed by atoms with Gasteiger partial charge in [0.25, 0.3) is 0 Å². The van der Waals surface area contributed by atoms with Gasteiger partial charge in [-0.2, -0.15) is 0 Å². The minimum atomic E-state index is -0.980. The van der Waals surface area contributed by atoms with Gasteiger partial charge in [-0.25, -0.2) is 0 Å². The molecule has 0 unspecified atom stereocenters. The van der Waals surface area contributed by atoms with Crippen LogP contribution in [0.3, 0.4) is 0 Å². The second kappa shape index (κ2) is 10.1. The van der Waals surface area contributed by atoms with Crippen LogP contribution in [0.25, 0.3) is 0 Å². The van der Waals surface area contributed by atoms with Gasteiger partial charge in [0.05, 0.1) is 27.7 Å². The molecule has 6 heteroatoms. The molecule has 0 bridgehead atoms. The number of rotatable bonds is 3. The lowest BCUT2D eigenvalue weighted by Gasteiger charge is -2.21. The molecule has 0 aromatic carbocycles. The van der Waals surface area contributed by atoms with Crippen LogP contribution in [0.1, 0.15) is 0 Å². The number of aliphatic hydroxyl groups excluding tert-OH is 1. The van der Waals surface area contributed by atoms with Crippen molar-refractivity contribution < 1.29 is 31.9 Å². The van der Waals surface area contributed by atoms with Gasteiger partial charge >= 0.3 is 5.97 Å². The van der Waals surface area contributed by atoms with E-state index >= 15 is 0 Å². The number of alkyl halides is 1. The number of carboxylic acid groups (broad SMARTS) is 1. The van der Waals surface area contributed by atoms with Gasteiger partial charge in [0, 0.05) is 0 Å². The third-order valence-electron chi connectivity index (χ3n) is 0.885. The van der Waals surface area contributed by atoms with Crippen molar-refractivity contribution >= 4 is 17.6 Å². The minimum absolute atomic E-state index is 0. The Hall–Kier alpha value is -0.0300. The van der Waals surface area contributed by atoms with E-state index in [9.17, 15) is 4.79 Å². The summed E-state index contributed by atoms with van der Waals surface area (Å²) in [4.78, 5) is 9.24. The number of hydrogen-bond acceptors (Lipinski definition) is 2. The van der Waals surface area contributed by atoms with Gasteiger partial charge in [0.15, 0.2) is 0 Å². The van der Waals surface area contributed by atoms with Gasteiger partial charge in [-0.1, -0.05) is 0 Å². The van der Waals surface area contributed by atoms with Crippen LogP contribution >= 0.6 is 11.6 Å². The zero-order valence-corrected chi connectivity index (χ0v) is 9.64. The Kier molecular flexibility index (Phi) is 14.5. The van der Waals surface area contributed by atoms with Gasteiger partial charge < -0.3 is 27.1 Å². The monoisotopic (exact) mass is 233 g/mol. The Labute approximate surface area is 90.1 Å². The molecular weight excluding hydrogens is 217 g/mol. The van der Waals surface area contributed by atoms with Crippen molar-refractivity contribution in [2.24, 2.45) is 0 Å². The molecule has 0 saturated heterocycles. The third kappa shape index (κ3) is 33.4. The number of likely N-dealkylation sites (N-methyl/N-ethyl adjacent to an activating group) is 1. The highest BCUT2D eigenvalue weighted by Crippen LogP contribution is 1.84. The molecule has 0 aromatic heterocycles. The van der Waals surface area contributed by atoms with E-state index in [-0.39, 0.29) is 24.9 Å². The smallest absolute Gasteiger partial charge is 0.318 e. The number of carbonyl (C=O) groups is 1. The van der Waals surface area contributed by atoms with E-state index in [1.165, 1.54) is 0 Å². The normalized spacial score (nSPS) is 9.31. The van der Waals surface area contributed by atoms with E-state index in [1.807, 2.05) is 0 Å². The molecule has 82 valence electrons. The van der Waals surface area contributed by atoms with E-state index in [0.717, 1.165) is 11.0 Å². The Morgan fingerprint density at radius 2 is 1.69 bits per heavy atom. The number of carboxylic acids is 1. The maximum atomic E-state index is 9.24. The molecule has 0 aliphatic heterocycles. The largest absolute Gasteiger partial charge is 1.00 e. The van der Waals surface area contributed by atoms with E-state index in [4.69, 9.17) is 21.8 Å². The Bertz CT molecular complexity index is 125. The van der Waals surface area contributed by atoms with Crippen LogP contribution in [-0.2, 0) is 4.79 Å². The van der Waals surface area contributed by atoms with Crippen LogP contribution in [0.5, 0.6) is 0 Å². The molecule has 2 N–H and O–H groups in total. The minimum Gasteiger partial charge on any atom is -1.00 e. The summed E-state index contributed by atoms with van der Waals surface area (Å²) >= 11 is 4.74. The van der Waals surface area contributed by atoms with Gasteiger partial charge in [-0.15, -0.1) is 11.6 Å². The van der Waals surface area contributed by atoms with Crippen LogP contribution in [0.15, 0.2) is 0 Å². The molecule has 0 aliphatic rings. The lowest BCUT2D eigenvalue weighted by atomic mass is 10.5. The fourth-order valence-electron chi connectivity index (χ4n) is 0.300. The van der Waals surface area contributed by atoms with Crippen molar-refractivity contribution in [1.82, 2.24) is 0 Å². The lowest BCUT2D eigenvalue weighted by Crippen LogP contribution is -3.00. The molecule has 0 spiro atoms. The summed E-state index contributed by atoms with van der Waals surface area (Å²) in [5.41, 5.74) is 0. The second-order valence-electron chi connectivity index (χ2n) is 3.26. The van der Waals surface area contributed by atoms with Gasteiger partial charge in [0.2, 0.25) is 0 Å². The molecule has 0 saturated carbocycles. The number of halogens is 2. The summed E-state index contributed by atoms with van der Waals surface area (Å²) in [6, 6.07) is 0. The zero-order valence-electron chi connectivity index (χ0n) is 8.13. The number of quaternary nitrogens is 1. The van der Waals surface area contributed by atoms with E-state index in [2.05, 4.69) is 21.1 Å². The first-order valence-electron chi connectivity index (χ1n) is 3.52. The quantitative estimate of drug-likeness (QED) is 0.404. The van der Waals surface area contributed by atoms with Crippen molar-refractivity contribution in [3.63, 3.8) is 0 Å². The average Bonchev–Trinajstić information content (AvgIpc) is 1.86. The van der Waals surface area contributed by atoms with Gasteiger partial charge in [-0.05, 0) is 0 Å². The summed E-state index contributed by atoms with van der Waals surface area (Å²) < 4.78 is 0.844. The summed E-state index contributed by atoms with van der Waals surface area (Å²) in [6.07, 6.45) is 0. The second-order valence-corrected chi connectivity index (χ2v) is 3.53.